The summed E-state index contributed by atoms with van der Waals surface area (Å²) in [6.07, 6.45) is 0. The van der Waals surface area contributed by atoms with Crippen molar-refractivity contribution in [2.45, 2.75) is 17.9 Å². The lowest BCUT2D eigenvalue weighted by atomic mass is 10.1. The number of benzene rings is 2. The van der Waals surface area contributed by atoms with E-state index in [2.05, 4.69) is 5.32 Å². The third-order valence-corrected chi connectivity index (χ3v) is 5.34. The maximum Gasteiger partial charge on any atom is 0.262 e. The van der Waals surface area contributed by atoms with E-state index < -0.39 is 17.9 Å². The Balaban J connectivity index is 1.53. The van der Waals surface area contributed by atoms with E-state index in [1.807, 2.05) is 24.3 Å². The van der Waals surface area contributed by atoms with E-state index in [1.54, 1.807) is 43.0 Å². The van der Waals surface area contributed by atoms with Gasteiger partial charge >= 0.3 is 0 Å². The molecule has 0 saturated heterocycles. The van der Waals surface area contributed by atoms with Crippen molar-refractivity contribution in [3.05, 3.63) is 64.7 Å². The summed E-state index contributed by atoms with van der Waals surface area (Å²) >= 11 is 7.43. The minimum atomic E-state index is -0.858. The lowest BCUT2D eigenvalue weighted by Gasteiger charge is -2.21. The number of thioether (sulfide) groups is 1. The Morgan fingerprint density at radius 2 is 1.65 bits per heavy atom. The molecule has 1 heterocycles. The van der Waals surface area contributed by atoms with Gasteiger partial charge in [-0.1, -0.05) is 23.7 Å². The Hall–Kier alpha value is -2.31. The van der Waals surface area contributed by atoms with Crippen LogP contribution < -0.4 is 5.32 Å². The summed E-state index contributed by atoms with van der Waals surface area (Å²) < 4.78 is 0. The van der Waals surface area contributed by atoms with Crippen LogP contribution in [0, 0.1) is 0 Å². The van der Waals surface area contributed by atoms with Crippen molar-refractivity contribution < 1.29 is 14.4 Å². The van der Waals surface area contributed by atoms with Crippen LogP contribution >= 0.6 is 23.4 Å². The summed E-state index contributed by atoms with van der Waals surface area (Å²) in [7, 11) is 0. The summed E-state index contributed by atoms with van der Waals surface area (Å²) in [5, 5.41) is 3.46. The number of halogens is 1. The second-order valence-electron chi connectivity index (χ2n) is 5.80. The first-order chi connectivity index (χ1) is 12.5. The number of nitrogens with zero attached hydrogens (tertiary/aromatic N) is 1. The van der Waals surface area contributed by atoms with Gasteiger partial charge in [-0.2, -0.15) is 0 Å². The first-order valence-corrected chi connectivity index (χ1v) is 9.48. The van der Waals surface area contributed by atoms with E-state index in [4.69, 9.17) is 11.6 Å². The zero-order chi connectivity index (χ0) is 18.7. The molecule has 3 amide bonds. The third kappa shape index (κ3) is 3.76. The maximum absolute atomic E-state index is 12.4. The SMILES string of the molecule is CC(C(=O)NCCSc1ccc(Cl)cc1)N1C(=O)c2ccccc2C1=O. The smallest absolute Gasteiger partial charge is 0.262 e. The number of carbonyl (C=O) groups excluding carboxylic acids is 3. The lowest BCUT2D eigenvalue weighted by Crippen LogP contribution is -2.48. The summed E-state index contributed by atoms with van der Waals surface area (Å²) in [5.74, 6) is -0.536. The fourth-order valence-corrected chi connectivity index (χ4v) is 3.59. The molecule has 1 N–H and O–H groups in total. The number of rotatable bonds is 6. The van der Waals surface area contributed by atoms with E-state index in [1.165, 1.54) is 0 Å². The molecule has 0 aliphatic carbocycles. The molecule has 0 bridgehead atoms. The number of amides is 3. The van der Waals surface area contributed by atoms with Crippen molar-refractivity contribution in [2.75, 3.05) is 12.3 Å². The van der Waals surface area contributed by atoms with Crippen molar-refractivity contribution in [3.63, 3.8) is 0 Å². The van der Waals surface area contributed by atoms with Crippen molar-refractivity contribution in [1.29, 1.82) is 0 Å². The van der Waals surface area contributed by atoms with Gasteiger partial charge in [0.15, 0.2) is 0 Å². The molecule has 2 aromatic carbocycles. The molecule has 0 aromatic heterocycles. The van der Waals surface area contributed by atoms with E-state index in [0.29, 0.717) is 28.4 Å². The predicted molar refractivity (Wildman–Crippen MR) is 102 cm³/mol. The van der Waals surface area contributed by atoms with Crippen LogP contribution in [0.15, 0.2) is 53.4 Å². The number of hydrogen-bond acceptors (Lipinski definition) is 4. The van der Waals surface area contributed by atoms with Crippen LogP contribution in [0.25, 0.3) is 0 Å². The molecule has 0 saturated carbocycles. The van der Waals surface area contributed by atoms with Gasteiger partial charge in [0.2, 0.25) is 5.91 Å². The third-order valence-electron chi connectivity index (χ3n) is 4.08. The molecule has 1 atom stereocenters. The number of fused-ring (bicyclic) bond motifs is 1. The topological polar surface area (TPSA) is 66.5 Å². The molecule has 3 rings (SSSR count). The second-order valence-corrected chi connectivity index (χ2v) is 7.40. The Labute approximate surface area is 160 Å². The van der Waals surface area contributed by atoms with Crippen molar-refractivity contribution in [3.8, 4) is 0 Å². The highest BCUT2D eigenvalue weighted by Gasteiger charge is 2.40. The molecule has 1 aliphatic heterocycles. The summed E-state index contributed by atoms with van der Waals surface area (Å²) in [5.41, 5.74) is 0.686. The Kier molecular flexibility index (Phi) is 5.64. The number of imide groups is 1. The van der Waals surface area contributed by atoms with Crippen LogP contribution in [0.3, 0.4) is 0 Å². The van der Waals surface area contributed by atoms with Crippen molar-refractivity contribution >= 4 is 41.1 Å². The minimum Gasteiger partial charge on any atom is -0.353 e. The van der Waals surface area contributed by atoms with Gasteiger partial charge in [-0.25, -0.2) is 0 Å². The van der Waals surface area contributed by atoms with E-state index >= 15 is 0 Å². The zero-order valence-electron chi connectivity index (χ0n) is 14.1. The number of carbonyl (C=O) groups is 3. The molecule has 0 fully saturated rings. The van der Waals surface area contributed by atoms with Crippen molar-refractivity contribution in [2.24, 2.45) is 0 Å². The molecule has 2 aromatic rings. The molecule has 0 radical (unpaired) electrons. The van der Waals surface area contributed by atoms with Gasteiger partial charge < -0.3 is 5.32 Å². The maximum atomic E-state index is 12.4. The molecular formula is C19H17ClN2O3S. The molecule has 134 valence electrons. The average Bonchev–Trinajstić information content (AvgIpc) is 2.90. The fraction of sp³-hybridized carbons (Fsp3) is 0.211. The molecule has 7 heteroatoms. The van der Waals surface area contributed by atoms with Crippen LogP contribution in [0.5, 0.6) is 0 Å². The van der Waals surface area contributed by atoms with Gasteiger partial charge in [0.05, 0.1) is 11.1 Å². The molecule has 5 nitrogen and oxygen atoms in total. The molecule has 0 spiro atoms. The van der Waals surface area contributed by atoms with Gasteiger partial charge in [0, 0.05) is 22.2 Å². The largest absolute Gasteiger partial charge is 0.353 e. The second kappa shape index (κ2) is 7.93. The van der Waals surface area contributed by atoms with Crippen LogP contribution in [0.2, 0.25) is 5.02 Å². The Bertz CT molecular complexity index is 819. The van der Waals surface area contributed by atoms with Crippen molar-refractivity contribution in [1.82, 2.24) is 10.2 Å². The molecular weight excluding hydrogens is 372 g/mol. The van der Waals surface area contributed by atoms with Crippen LogP contribution in [-0.2, 0) is 4.79 Å². The van der Waals surface area contributed by atoms with Crippen LogP contribution in [-0.4, -0.2) is 41.0 Å². The first kappa shape index (κ1) is 18.5. The number of nitrogens with one attached hydrogen (secondary N) is 1. The molecule has 26 heavy (non-hydrogen) atoms. The van der Waals surface area contributed by atoms with Gasteiger partial charge in [-0.15, -0.1) is 11.8 Å². The quantitative estimate of drug-likeness (QED) is 0.468. The number of hydrogen-bond donors (Lipinski definition) is 1. The molecule has 1 aliphatic rings. The van der Waals surface area contributed by atoms with Crippen LogP contribution in [0.4, 0.5) is 0 Å². The zero-order valence-corrected chi connectivity index (χ0v) is 15.6. The summed E-state index contributed by atoms with van der Waals surface area (Å²) in [6.45, 7) is 1.99. The monoisotopic (exact) mass is 388 g/mol. The van der Waals surface area contributed by atoms with Gasteiger partial charge in [0.25, 0.3) is 11.8 Å². The summed E-state index contributed by atoms with van der Waals surface area (Å²) in [6, 6.07) is 13.2. The van der Waals surface area contributed by atoms with Gasteiger partial charge in [0.1, 0.15) is 6.04 Å². The first-order valence-electron chi connectivity index (χ1n) is 8.12. The van der Waals surface area contributed by atoms with E-state index in [-0.39, 0.29) is 5.91 Å². The Morgan fingerprint density at radius 1 is 1.08 bits per heavy atom. The van der Waals surface area contributed by atoms with E-state index in [0.717, 1.165) is 9.80 Å². The highest BCUT2D eigenvalue weighted by molar-refractivity contribution is 7.99. The standard InChI is InChI=1S/C19H17ClN2O3S/c1-12(22-18(24)15-4-2-3-5-16(15)19(22)25)17(23)21-10-11-26-14-8-6-13(20)7-9-14/h2-9,12H,10-11H2,1H3,(H,21,23). The Morgan fingerprint density at radius 3 is 2.23 bits per heavy atom. The van der Waals surface area contributed by atoms with E-state index in [9.17, 15) is 14.4 Å². The average molecular weight is 389 g/mol. The normalized spacial score (nSPS) is 14.3. The van der Waals surface area contributed by atoms with Crippen LogP contribution in [0.1, 0.15) is 27.6 Å². The molecule has 1 unspecified atom stereocenters. The highest BCUT2D eigenvalue weighted by atomic mass is 35.5. The highest BCUT2D eigenvalue weighted by Crippen LogP contribution is 2.24. The minimum absolute atomic E-state index is 0.343. The van der Waals surface area contributed by atoms with Gasteiger partial charge in [-0.3, -0.25) is 19.3 Å². The van der Waals surface area contributed by atoms with Gasteiger partial charge in [-0.05, 0) is 43.3 Å². The fourth-order valence-electron chi connectivity index (χ4n) is 2.70. The predicted octanol–water partition coefficient (Wildman–Crippen LogP) is 3.23. The summed E-state index contributed by atoms with van der Waals surface area (Å²) in [4.78, 5) is 39.2. The lowest BCUT2D eigenvalue weighted by molar-refractivity contribution is -0.124.